The van der Waals surface area contributed by atoms with Crippen molar-refractivity contribution in [1.29, 1.82) is 0 Å². The normalized spacial score (nSPS) is 23.8. The molecule has 0 amide bonds. The fraction of sp³-hybridized carbons (Fsp3) is 0.375. The van der Waals surface area contributed by atoms with Crippen LogP contribution < -0.4 is 5.32 Å². The molecular weight excluding hydrogens is 305 g/mol. The second kappa shape index (κ2) is 7.03. The number of halogens is 2. The lowest BCUT2D eigenvalue weighted by molar-refractivity contribution is 0.0699. The summed E-state index contributed by atoms with van der Waals surface area (Å²) in [6, 6.07) is 6.03. The maximum absolute atomic E-state index is 13.4. The van der Waals surface area contributed by atoms with Gasteiger partial charge in [0, 0.05) is 40.2 Å². The summed E-state index contributed by atoms with van der Waals surface area (Å²) in [5.74, 6) is -1.03. The molecule has 1 unspecified atom stereocenters. The maximum atomic E-state index is 13.4. The summed E-state index contributed by atoms with van der Waals surface area (Å²) in [5.41, 5.74) is 0.727. The largest absolute Gasteiger partial charge is 0.381 e. The Morgan fingerprint density at radius 2 is 2.41 bits per heavy atom. The van der Waals surface area contributed by atoms with Crippen molar-refractivity contribution in [2.24, 2.45) is 5.92 Å². The van der Waals surface area contributed by atoms with Gasteiger partial charge in [0.15, 0.2) is 0 Å². The van der Waals surface area contributed by atoms with Gasteiger partial charge in [-0.05, 0) is 30.9 Å². The summed E-state index contributed by atoms with van der Waals surface area (Å²) < 4.78 is 50.3. The molecule has 1 saturated heterocycles. The Hall–Kier alpha value is -1.72. The fourth-order valence-corrected chi connectivity index (χ4v) is 2.30. The van der Waals surface area contributed by atoms with E-state index in [-0.39, 0.29) is 23.9 Å². The van der Waals surface area contributed by atoms with Gasteiger partial charge in [-0.25, -0.2) is 9.97 Å². The summed E-state index contributed by atoms with van der Waals surface area (Å²) in [6.45, 7) is -3.59. The zero-order chi connectivity index (χ0) is 18.9. The molecule has 6 heteroatoms. The Labute approximate surface area is 139 Å². The Morgan fingerprint density at radius 3 is 3.27 bits per heavy atom. The van der Waals surface area contributed by atoms with Gasteiger partial charge in [-0.15, -0.1) is 0 Å². The van der Waals surface area contributed by atoms with Crippen LogP contribution in [0.5, 0.6) is 0 Å². The molecule has 0 aliphatic carbocycles. The lowest BCUT2D eigenvalue weighted by atomic mass is 10.0. The summed E-state index contributed by atoms with van der Waals surface area (Å²) in [7, 11) is 0. The van der Waals surface area contributed by atoms with E-state index in [1.807, 2.05) is 0 Å². The highest BCUT2D eigenvalue weighted by Crippen LogP contribution is 2.27. The van der Waals surface area contributed by atoms with Crippen molar-refractivity contribution >= 4 is 17.4 Å². The average Bonchev–Trinajstić information content (AvgIpc) is 2.56. The van der Waals surface area contributed by atoms with E-state index in [2.05, 4.69) is 15.3 Å². The summed E-state index contributed by atoms with van der Waals surface area (Å²) >= 11 is 6.05. The van der Waals surface area contributed by atoms with Crippen molar-refractivity contribution in [3.8, 4) is 11.3 Å². The lowest BCUT2D eigenvalue weighted by Crippen LogP contribution is -2.22. The van der Waals surface area contributed by atoms with Crippen LogP contribution in [0, 0.1) is 11.9 Å². The lowest BCUT2D eigenvalue weighted by Gasteiger charge is -2.22. The van der Waals surface area contributed by atoms with Gasteiger partial charge in [0.05, 0.1) is 13.5 Å². The minimum atomic E-state index is -1.89. The molecule has 0 saturated carbocycles. The summed E-state index contributed by atoms with van der Waals surface area (Å²) in [4.78, 5) is 7.78. The molecule has 0 spiro atoms. The van der Waals surface area contributed by atoms with Crippen LogP contribution in [0.1, 0.15) is 18.3 Å². The Morgan fingerprint density at radius 1 is 1.50 bits per heavy atom. The minimum absolute atomic E-state index is 0.0614. The van der Waals surface area contributed by atoms with Crippen LogP contribution in [0.4, 0.5) is 10.2 Å². The molecule has 22 heavy (non-hydrogen) atoms. The first-order valence-corrected chi connectivity index (χ1v) is 7.25. The number of ether oxygens (including phenoxy) is 1. The molecule has 1 N–H and O–H groups in total. The van der Waals surface area contributed by atoms with E-state index < -0.39 is 24.9 Å². The molecule has 4 nitrogen and oxygen atoms in total. The highest BCUT2D eigenvalue weighted by atomic mass is 35.5. The van der Waals surface area contributed by atoms with E-state index in [1.54, 1.807) is 18.2 Å². The first-order valence-electron chi connectivity index (χ1n) is 8.87. The SMILES string of the molecule is [2H]C1([2H])CC(C([2H])([2H])Nc2cccc(-c3cc(F)ncc3Cl)n2)CCO1. The molecule has 2 aromatic heterocycles. The number of pyridine rings is 2. The van der Waals surface area contributed by atoms with Gasteiger partial charge in [0.2, 0.25) is 5.95 Å². The van der Waals surface area contributed by atoms with Gasteiger partial charge in [-0.2, -0.15) is 4.39 Å². The fourth-order valence-electron chi connectivity index (χ4n) is 2.10. The Kier molecular flexibility index (Phi) is 3.49. The minimum Gasteiger partial charge on any atom is -0.381 e. The predicted octanol–water partition coefficient (Wildman–Crippen LogP) is 3.77. The first-order chi connectivity index (χ1) is 12.2. The Bertz CT molecular complexity index is 809. The van der Waals surface area contributed by atoms with Crippen molar-refractivity contribution in [1.82, 2.24) is 9.97 Å². The van der Waals surface area contributed by atoms with Crippen molar-refractivity contribution in [3.63, 3.8) is 0 Å². The van der Waals surface area contributed by atoms with Crippen LogP contribution in [0.3, 0.4) is 0 Å². The van der Waals surface area contributed by atoms with Crippen molar-refractivity contribution < 1.29 is 14.6 Å². The third-order valence-electron chi connectivity index (χ3n) is 3.25. The van der Waals surface area contributed by atoms with Crippen LogP contribution in [-0.4, -0.2) is 29.6 Å². The zero-order valence-electron chi connectivity index (χ0n) is 15.6. The molecule has 116 valence electrons. The molecule has 3 rings (SSSR count). The smallest absolute Gasteiger partial charge is 0.213 e. The van der Waals surface area contributed by atoms with E-state index in [0.29, 0.717) is 17.7 Å². The second-order valence-corrected chi connectivity index (χ2v) is 5.25. The van der Waals surface area contributed by atoms with E-state index in [9.17, 15) is 4.39 Å². The molecule has 0 radical (unpaired) electrons. The highest BCUT2D eigenvalue weighted by molar-refractivity contribution is 6.33. The van der Waals surface area contributed by atoms with Crippen molar-refractivity contribution in [2.45, 2.75) is 12.8 Å². The van der Waals surface area contributed by atoms with E-state index in [1.165, 1.54) is 6.20 Å². The highest BCUT2D eigenvalue weighted by Gasteiger charge is 2.14. The van der Waals surface area contributed by atoms with Crippen molar-refractivity contribution in [2.75, 3.05) is 25.0 Å². The monoisotopic (exact) mass is 325 g/mol. The molecule has 1 fully saturated rings. The number of nitrogens with zero attached hydrogens (tertiary/aromatic N) is 2. The van der Waals surface area contributed by atoms with Crippen LogP contribution in [0.2, 0.25) is 5.02 Å². The average molecular weight is 326 g/mol. The quantitative estimate of drug-likeness (QED) is 0.869. The van der Waals surface area contributed by atoms with Gasteiger partial charge in [-0.1, -0.05) is 17.7 Å². The second-order valence-electron chi connectivity index (χ2n) is 4.85. The van der Waals surface area contributed by atoms with Crippen molar-refractivity contribution in [3.05, 3.63) is 41.4 Å². The molecule has 0 bridgehead atoms. The molecule has 1 atom stereocenters. The molecule has 1 aliphatic heterocycles. The number of rotatable bonds is 4. The van der Waals surface area contributed by atoms with Gasteiger partial charge in [0.1, 0.15) is 5.82 Å². The number of hydrogen-bond acceptors (Lipinski definition) is 4. The molecular formula is C16H17ClFN3O. The standard InChI is InChI=1S/C16H17ClFN3O/c17-13-10-19-15(18)8-12(13)14-2-1-3-16(21-14)20-9-11-4-6-22-7-5-11/h1-3,8,10-11H,4-7,9H2,(H,20,21)/i6D2,9D2. The maximum Gasteiger partial charge on any atom is 0.213 e. The first kappa shape index (κ1) is 10.9. The van der Waals surface area contributed by atoms with Crippen LogP contribution in [0.25, 0.3) is 11.3 Å². The van der Waals surface area contributed by atoms with Crippen LogP contribution in [-0.2, 0) is 4.74 Å². The number of aromatic nitrogens is 2. The topological polar surface area (TPSA) is 47.0 Å². The molecule has 0 aromatic carbocycles. The predicted molar refractivity (Wildman–Crippen MR) is 84.5 cm³/mol. The third-order valence-corrected chi connectivity index (χ3v) is 3.55. The molecule has 2 aromatic rings. The Balaban J connectivity index is 1.83. The summed E-state index contributed by atoms with van der Waals surface area (Å²) in [5, 5.41) is 2.95. The van der Waals surface area contributed by atoms with Crippen LogP contribution >= 0.6 is 11.6 Å². The number of anilines is 1. The molecule has 3 heterocycles. The van der Waals surface area contributed by atoms with Gasteiger partial charge in [0.25, 0.3) is 0 Å². The van der Waals surface area contributed by atoms with Gasteiger partial charge >= 0.3 is 0 Å². The third kappa shape index (κ3) is 3.72. The number of nitrogens with one attached hydrogen (secondary N) is 1. The summed E-state index contributed by atoms with van der Waals surface area (Å²) in [6.07, 6.45) is 1.52. The number of hydrogen-bond donors (Lipinski definition) is 1. The van der Waals surface area contributed by atoms with E-state index in [4.69, 9.17) is 21.8 Å². The van der Waals surface area contributed by atoms with Crippen LogP contribution in [0.15, 0.2) is 30.5 Å². The van der Waals surface area contributed by atoms with E-state index in [0.717, 1.165) is 6.07 Å². The zero-order valence-corrected chi connectivity index (χ0v) is 12.4. The van der Waals surface area contributed by atoms with Gasteiger partial charge in [-0.3, -0.25) is 0 Å². The molecule has 1 aliphatic rings. The van der Waals surface area contributed by atoms with Gasteiger partial charge < -0.3 is 10.1 Å². The van der Waals surface area contributed by atoms with E-state index >= 15 is 0 Å².